The Morgan fingerprint density at radius 3 is 2.11 bits per heavy atom. The van der Waals surface area contributed by atoms with Crippen LogP contribution in [-0.4, -0.2) is 35.2 Å². The van der Waals surface area contributed by atoms with E-state index in [-0.39, 0.29) is 6.10 Å². The van der Waals surface area contributed by atoms with Gasteiger partial charge in [0.1, 0.15) is 0 Å². The van der Waals surface area contributed by atoms with Crippen molar-refractivity contribution < 1.29 is 5.11 Å². The molecule has 2 heteroatoms. The lowest BCUT2D eigenvalue weighted by molar-refractivity contribution is -0.0161. The van der Waals surface area contributed by atoms with E-state index in [1.807, 2.05) is 0 Å². The monoisotopic (exact) mass is 251 g/mol. The molecular formula is C16H29NO. The zero-order valence-electron chi connectivity index (χ0n) is 11.7. The molecule has 2 aliphatic carbocycles. The van der Waals surface area contributed by atoms with Gasteiger partial charge in [0.2, 0.25) is 0 Å². The van der Waals surface area contributed by atoms with E-state index in [2.05, 4.69) is 4.90 Å². The normalized spacial score (nSPS) is 43.2. The SMILES string of the molecule is OC1CCCCCCC1N1CC2CCCC(C2)C1. The van der Waals surface area contributed by atoms with E-state index in [0.29, 0.717) is 6.04 Å². The zero-order chi connectivity index (χ0) is 12.4. The quantitative estimate of drug-likeness (QED) is 0.773. The Bertz CT molecular complexity index is 256. The molecule has 1 saturated heterocycles. The maximum atomic E-state index is 10.4. The predicted octanol–water partition coefficient (Wildman–Crippen LogP) is 3.19. The minimum atomic E-state index is -0.0517. The van der Waals surface area contributed by atoms with Gasteiger partial charge in [-0.1, -0.05) is 32.1 Å². The third-order valence-electron chi connectivity index (χ3n) is 5.54. The Kier molecular flexibility index (Phi) is 4.25. The molecule has 3 aliphatic rings. The molecule has 2 nitrogen and oxygen atoms in total. The van der Waals surface area contributed by atoms with E-state index in [1.165, 1.54) is 70.9 Å². The summed E-state index contributed by atoms with van der Waals surface area (Å²) in [6, 6.07) is 0.480. The molecule has 18 heavy (non-hydrogen) atoms. The number of rotatable bonds is 1. The van der Waals surface area contributed by atoms with E-state index in [9.17, 15) is 5.11 Å². The highest BCUT2D eigenvalue weighted by atomic mass is 16.3. The van der Waals surface area contributed by atoms with Gasteiger partial charge in [-0.15, -0.1) is 0 Å². The first-order valence-electron chi connectivity index (χ1n) is 8.25. The smallest absolute Gasteiger partial charge is 0.0695 e. The second kappa shape index (κ2) is 5.92. The van der Waals surface area contributed by atoms with Crippen LogP contribution in [0.5, 0.6) is 0 Å². The molecule has 4 unspecified atom stereocenters. The van der Waals surface area contributed by atoms with Gasteiger partial charge in [-0.3, -0.25) is 4.90 Å². The van der Waals surface area contributed by atoms with Crippen molar-refractivity contribution in [2.45, 2.75) is 76.4 Å². The van der Waals surface area contributed by atoms with Crippen LogP contribution in [0.4, 0.5) is 0 Å². The van der Waals surface area contributed by atoms with Gasteiger partial charge in [0.15, 0.2) is 0 Å². The average molecular weight is 251 g/mol. The highest BCUT2D eigenvalue weighted by molar-refractivity contribution is 4.89. The third-order valence-corrected chi connectivity index (χ3v) is 5.54. The van der Waals surface area contributed by atoms with Crippen LogP contribution >= 0.6 is 0 Å². The Balaban J connectivity index is 1.64. The van der Waals surface area contributed by atoms with Crippen molar-refractivity contribution in [2.75, 3.05) is 13.1 Å². The van der Waals surface area contributed by atoms with Gasteiger partial charge in [0.05, 0.1) is 6.10 Å². The van der Waals surface area contributed by atoms with Gasteiger partial charge in [0.25, 0.3) is 0 Å². The number of fused-ring (bicyclic) bond motifs is 2. The molecular weight excluding hydrogens is 222 g/mol. The van der Waals surface area contributed by atoms with E-state index in [1.54, 1.807) is 0 Å². The zero-order valence-corrected chi connectivity index (χ0v) is 11.7. The Morgan fingerprint density at radius 1 is 0.722 bits per heavy atom. The number of piperidine rings is 1. The fourth-order valence-electron chi connectivity index (χ4n) is 4.61. The lowest BCUT2D eigenvalue weighted by Crippen LogP contribution is -2.52. The second-order valence-electron chi connectivity index (χ2n) is 6.98. The highest BCUT2D eigenvalue weighted by Crippen LogP contribution is 2.36. The predicted molar refractivity (Wildman–Crippen MR) is 74.5 cm³/mol. The molecule has 3 rings (SSSR count). The van der Waals surface area contributed by atoms with Gasteiger partial charge in [0, 0.05) is 19.1 Å². The number of hydrogen-bond acceptors (Lipinski definition) is 2. The molecule has 1 aliphatic heterocycles. The van der Waals surface area contributed by atoms with Crippen molar-refractivity contribution in [2.24, 2.45) is 11.8 Å². The summed E-state index contributed by atoms with van der Waals surface area (Å²) in [5.41, 5.74) is 0. The van der Waals surface area contributed by atoms with Crippen LogP contribution in [0.15, 0.2) is 0 Å². The van der Waals surface area contributed by atoms with Gasteiger partial charge in [-0.05, 0) is 43.9 Å². The maximum absolute atomic E-state index is 10.4. The van der Waals surface area contributed by atoms with Crippen molar-refractivity contribution in [3.05, 3.63) is 0 Å². The number of aliphatic hydroxyl groups is 1. The Labute approximate surface area is 112 Å². The van der Waals surface area contributed by atoms with Gasteiger partial charge in [-0.2, -0.15) is 0 Å². The molecule has 104 valence electrons. The van der Waals surface area contributed by atoms with Crippen LogP contribution in [0.1, 0.15) is 64.2 Å². The average Bonchev–Trinajstić information content (AvgIpc) is 2.34. The summed E-state index contributed by atoms with van der Waals surface area (Å²) in [4.78, 5) is 2.67. The van der Waals surface area contributed by atoms with Crippen LogP contribution in [0.25, 0.3) is 0 Å². The van der Waals surface area contributed by atoms with Crippen molar-refractivity contribution in [1.29, 1.82) is 0 Å². The topological polar surface area (TPSA) is 23.5 Å². The van der Waals surface area contributed by atoms with Crippen molar-refractivity contribution in [1.82, 2.24) is 4.90 Å². The minimum absolute atomic E-state index is 0.0517. The Morgan fingerprint density at radius 2 is 1.39 bits per heavy atom. The summed E-state index contributed by atoms with van der Waals surface area (Å²) >= 11 is 0. The molecule has 1 heterocycles. The molecule has 2 saturated carbocycles. The fraction of sp³-hybridized carbons (Fsp3) is 1.00. The summed E-state index contributed by atoms with van der Waals surface area (Å²) in [6.07, 6.45) is 13.3. The van der Waals surface area contributed by atoms with Crippen molar-refractivity contribution in [3.8, 4) is 0 Å². The van der Waals surface area contributed by atoms with E-state index in [0.717, 1.165) is 18.3 Å². The number of likely N-dealkylation sites (tertiary alicyclic amines) is 1. The lowest BCUT2D eigenvalue weighted by Gasteiger charge is -2.46. The number of nitrogens with zero attached hydrogens (tertiary/aromatic N) is 1. The van der Waals surface area contributed by atoms with Crippen molar-refractivity contribution in [3.63, 3.8) is 0 Å². The molecule has 3 fully saturated rings. The summed E-state index contributed by atoms with van der Waals surface area (Å²) in [5.74, 6) is 1.88. The first kappa shape index (κ1) is 12.9. The molecule has 0 spiro atoms. The van der Waals surface area contributed by atoms with Crippen LogP contribution in [0.3, 0.4) is 0 Å². The fourth-order valence-corrected chi connectivity index (χ4v) is 4.61. The Hall–Kier alpha value is -0.0800. The molecule has 1 N–H and O–H groups in total. The van der Waals surface area contributed by atoms with Crippen LogP contribution < -0.4 is 0 Å². The lowest BCUT2D eigenvalue weighted by atomic mass is 9.77. The third kappa shape index (κ3) is 2.91. The van der Waals surface area contributed by atoms with Gasteiger partial charge >= 0.3 is 0 Å². The largest absolute Gasteiger partial charge is 0.391 e. The van der Waals surface area contributed by atoms with Gasteiger partial charge in [-0.25, -0.2) is 0 Å². The summed E-state index contributed by atoms with van der Waals surface area (Å²) in [5, 5.41) is 10.4. The minimum Gasteiger partial charge on any atom is -0.391 e. The molecule has 0 radical (unpaired) electrons. The molecule has 2 bridgehead atoms. The van der Waals surface area contributed by atoms with Crippen molar-refractivity contribution >= 4 is 0 Å². The molecule has 0 aromatic heterocycles. The standard InChI is InChI=1S/C16H29NO/c18-16-9-4-2-1-3-8-15(16)17-11-13-6-5-7-14(10-13)12-17/h13-16,18H,1-12H2. The number of hydrogen-bond donors (Lipinski definition) is 1. The molecule has 0 amide bonds. The van der Waals surface area contributed by atoms with E-state index in [4.69, 9.17) is 0 Å². The first-order valence-corrected chi connectivity index (χ1v) is 8.25. The molecule has 0 aromatic rings. The maximum Gasteiger partial charge on any atom is 0.0695 e. The van der Waals surface area contributed by atoms with Crippen LogP contribution in [-0.2, 0) is 0 Å². The highest BCUT2D eigenvalue weighted by Gasteiger charge is 2.35. The van der Waals surface area contributed by atoms with E-state index >= 15 is 0 Å². The summed E-state index contributed by atoms with van der Waals surface area (Å²) in [6.45, 7) is 2.55. The summed E-state index contributed by atoms with van der Waals surface area (Å²) in [7, 11) is 0. The summed E-state index contributed by atoms with van der Waals surface area (Å²) < 4.78 is 0. The first-order chi connectivity index (χ1) is 8.83. The molecule has 0 aromatic carbocycles. The molecule has 4 atom stereocenters. The van der Waals surface area contributed by atoms with Crippen LogP contribution in [0.2, 0.25) is 0 Å². The van der Waals surface area contributed by atoms with Gasteiger partial charge < -0.3 is 5.11 Å². The number of aliphatic hydroxyl groups excluding tert-OH is 1. The van der Waals surface area contributed by atoms with Crippen LogP contribution in [0, 0.1) is 11.8 Å². The van der Waals surface area contributed by atoms with E-state index < -0.39 is 0 Å². The second-order valence-corrected chi connectivity index (χ2v) is 6.98.